The molecular weight excluding hydrogens is 345 g/mol. The normalized spacial score (nSPS) is 19.2. The number of methoxy groups -OCH3 is 1. The molecule has 3 heterocycles. The predicted octanol–water partition coefficient (Wildman–Crippen LogP) is 4.78. The van der Waals surface area contributed by atoms with Gasteiger partial charge in [-0.2, -0.15) is 0 Å². The van der Waals surface area contributed by atoms with Crippen LogP contribution in [0.15, 0.2) is 45.6 Å². The molecule has 0 unspecified atom stereocenters. The molecule has 0 N–H and O–H groups in total. The molecular formula is C20H28N3O2P. The number of nitrogens with zero attached hydrogens (tertiary/aromatic N) is 3. The van der Waals surface area contributed by atoms with Crippen molar-refractivity contribution >= 4 is 18.5 Å². The Bertz CT molecular complexity index is 768. The van der Waals surface area contributed by atoms with E-state index >= 15 is 0 Å². The molecule has 6 heteroatoms. The third kappa shape index (κ3) is 3.24. The average molecular weight is 373 g/mol. The first-order valence-electron chi connectivity index (χ1n) is 9.56. The Morgan fingerprint density at radius 3 is 1.92 bits per heavy atom. The average Bonchev–Trinajstić information content (AvgIpc) is 3.42. The summed E-state index contributed by atoms with van der Waals surface area (Å²) in [6.45, 7) is 6.43. The number of rotatable bonds is 5. The molecule has 0 amide bonds. The molecule has 2 fully saturated rings. The number of hydrogen-bond acceptors (Lipinski definition) is 3. The van der Waals surface area contributed by atoms with Crippen LogP contribution in [0.3, 0.4) is 0 Å². The fourth-order valence-electron chi connectivity index (χ4n) is 3.98. The van der Waals surface area contributed by atoms with E-state index in [-0.39, 0.29) is 0 Å². The summed E-state index contributed by atoms with van der Waals surface area (Å²) in [5.74, 6) is 1.83. The maximum absolute atomic E-state index is 6.24. The van der Waals surface area contributed by atoms with Gasteiger partial charge in [0.25, 0.3) is 0 Å². The first-order valence-corrected chi connectivity index (χ1v) is 11.2. The van der Waals surface area contributed by atoms with Crippen LogP contribution in [-0.4, -0.2) is 42.6 Å². The van der Waals surface area contributed by atoms with E-state index in [0.29, 0.717) is 0 Å². The highest BCUT2D eigenvalue weighted by Crippen LogP contribution is 2.60. The Hall–Kier alpha value is -1.55. The predicted molar refractivity (Wildman–Crippen MR) is 107 cm³/mol. The Morgan fingerprint density at radius 1 is 0.885 bits per heavy atom. The molecule has 0 saturated carbocycles. The third-order valence-corrected chi connectivity index (χ3v) is 9.02. The quantitative estimate of drug-likeness (QED) is 0.708. The summed E-state index contributed by atoms with van der Waals surface area (Å²) < 4.78 is 22.2. The van der Waals surface area contributed by atoms with Gasteiger partial charge in [-0.25, -0.2) is 4.74 Å². The van der Waals surface area contributed by atoms with Crippen molar-refractivity contribution in [2.24, 2.45) is 4.74 Å². The summed E-state index contributed by atoms with van der Waals surface area (Å²) in [7, 11) is -0.386. The van der Waals surface area contributed by atoms with Gasteiger partial charge in [-0.15, -0.1) is 0 Å². The van der Waals surface area contributed by atoms with Crippen molar-refractivity contribution in [1.29, 1.82) is 0 Å². The molecule has 0 aliphatic carbocycles. The van der Waals surface area contributed by atoms with E-state index in [0.717, 1.165) is 48.9 Å². The lowest BCUT2D eigenvalue weighted by molar-refractivity contribution is 0.415. The maximum Gasteiger partial charge on any atom is 0.172 e. The largest absolute Gasteiger partial charge is 0.497 e. The molecule has 2 saturated heterocycles. The Kier molecular flexibility index (Phi) is 5.21. The van der Waals surface area contributed by atoms with Crippen molar-refractivity contribution in [3.8, 4) is 5.75 Å². The van der Waals surface area contributed by atoms with Gasteiger partial charge >= 0.3 is 0 Å². The van der Waals surface area contributed by atoms with Crippen molar-refractivity contribution in [3.05, 3.63) is 42.2 Å². The fraction of sp³-hybridized carbons (Fsp3) is 0.500. The van der Waals surface area contributed by atoms with Crippen LogP contribution >= 0.6 is 7.36 Å². The lowest BCUT2D eigenvalue weighted by Crippen LogP contribution is -2.34. The molecule has 0 radical (unpaired) electrons. The third-order valence-electron chi connectivity index (χ3n) is 5.30. The monoisotopic (exact) mass is 373 g/mol. The van der Waals surface area contributed by atoms with Gasteiger partial charge in [-0.05, 0) is 69.0 Å². The van der Waals surface area contributed by atoms with Gasteiger partial charge in [-0.3, -0.25) is 9.34 Å². The van der Waals surface area contributed by atoms with E-state index in [9.17, 15) is 0 Å². The van der Waals surface area contributed by atoms with Gasteiger partial charge in [-0.1, -0.05) is 0 Å². The molecule has 4 rings (SSSR count). The summed E-state index contributed by atoms with van der Waals surface area (Å²) >= 11 is 0. The van der Waals surface area contributed by atoms with Crippen LogP contribution in [0.1, 0.15) is 31.4 Å². The summed E-state index contributed by atoms with van der Waals surface area (Å²) in [4.78, 5) is 0. The van der Waals surface area contributed by atoms with Gasteiger partial charge in [0, 0.05) is 26.2 Å². The van der Waals surface area contributed by atoms with Crippen LogP contribution in [0.2, 0.25) is 0 Å². The Morgan fingerprint density at radius 2 is 1.46 bits per heavy atom. The topological polar surface area (TPSA) is 41.2 Å². The van der Waals surface area contributed by atoms with Crippen molar-refractivity contribution in [2.45, 2.75) is 32.6 Å². The number of hydrogen-bond donors (Lipinski definition) is 0. The molecule has 2 aliphatic rings. The second-order valence-electron chi connectivity index (χ2n) is 7.07. The molecule has 140 valence electrons. The van der Waals surface area contributed by atoms with E-state index in [1.165, 1.54) is 25.7 Å². The van der Waals surface area contributed by atoms with Gasteiger partial charge in [0.1, 0.15) is 11.5 Å². The zero-order valence-electron chi connectivity index (χ0n) is 15.7. The standard InChI is InChI=1S/C20H28N3O2P/c1-17-7-12-20(25-17)26(22-13-3-4-14-22,23-15-5-6-16-23)21-18-8-10-19(24-2)11-9-18/h7-12H,3-6,13-16H2,1-2H3. The van der Waals surface area contributed by atoms with Gasteiger partial charge < -0.3 is 9.15 Å². The van der Waals surface area contributed by atoms with Crippen LogP contribution in [0.4, 0.5) is 5.69 Å². The molecule has 5 nitrogen and oxygen atoms in total. The van der Waals surface area contributed by atoms with E-state index in [4.69, 9.17) is 13.9 Å². The van der Waals surface area contributed by atoms with E-state index < -0.39 is 7.36 Å². The summed E-state index contributed by atoms with van der Waals surface area (Å²) in [5.41, 5.74) is 2.06. The van der Waals surface area contributed by atoms with E-state index in [1.54, 1.807) is 7.11 Å². The highest BCUT2D eigenvalue weighted by atomic mass is 31.2. The number of ether oxygens (including phenoxy) is 1. The SMILES string of the molecule is COc1ccc(N=P(c2ccc(C)o2)(N2CCCC2)N2CCCC2)cc1. The molecule has 2 aliphatic heterocycles. The molecule has 0 bridgehead atoms. The molecule has 2 aromatic rings. The smallest absolute Gasteiger partial charge is 0.172 e. The zero-order valence-corrected chi connectivity index (χ0v) is 16.6. The number of benzene rings is 1. The molecule has 0 atom stereocenters. The van der Waals surface area contributed by atoms with Crippen LogP contribution in [-0.2, 0) is 0 Å². The second-order valence-corrected chi connectivity index (χ2v) is 9.98. The van der Waals surface area contributed by atoms with Gasteiger partial charge in [0.15, 0.2) is 12.9 Å². The Balaban J connectivity index is 1.89. The maximum atomic E-state index is 6.24. The minimum atomic E-state index is -2.08. The lowest BCUT2D eigenvalue weighted by Gasteiger charge is -2.38. The zero-order chi connectivity index (χ0) is 18.0. The number of aryl methyl sites for hydroxylation is 1. The van der Waals surface area contributed by atoms with Crippen molar-refractivity contribution in [2.75, 3.05) is 33.3 Å². The van der Waals surface area contributed by atoms with Crippen LogP contribution < -0.4 is 10.2 Å². The lowest BCUT2D eigenvalue weighted by atomic mass is 10.3. The van der Waals surface area contributed by atoms with Gasteiger partial charge in [0.2, 0.25) is 0 Å². The first kappa shape index (κ1) is 17.8. The molecule has 1 aromatic heterocycles. The highest BCUT2D eigenvalue weighted by molar-refractivity contribution is 7.69. The molecule has 0 spiro atoms. The van der Waals surface area contributed by atoms with Crippen LogP contribution in [0.25, 0.3) is 0 Å². The van der Waals surface area contributed by atoms with Crippen LogP contribution in [0, 0.1) is 6.92 Å². The minimum Gasteiger partial charge on any atom is -0.497 e. The van der Waals surface area contributed by atoms with Crippen molar-refractivity contribution < 1.29 is 9.15 Å². The molecule has 1 aromatic carbocycles. The van der Waals surface area contributed by atoms with E-state index in [1.807, 2.05) is 19.1 Å². The van der Waals surface area contributed by atoms with E-state index in [2.05, 4.69) is 33.6 Å². The minimum absolute atomic E-state index is 0.865. The Labute approximate surface area is 156 Å². The van der Waals surface area contributed by atoms with Gasteiger partial charge in [0.05, 0.1) is 12.8 Å². The first-order chi connectivity index (χ1) is 12.7. The molecule has 26 heavy (non-hydrogen) atoms. The van der Waals surface area contributed by atoms with Crippen molar-refractivity contribution in [1.82, 2.24) is 9.34 Å². The number of furan rings is 1. The summed E-state index contributed by atoms with van der Waals surface area (Å²) in [6, 6.07) is 12.4. The fourth-order valence-corrected chi connectivity index (χ4v) is 7.93. The van der Waals surface area contributed by atoms with Crippen LogP contribution in [0.5, 0.6) is 5.75 Å². The summed E-state index contributed by atoms with van der Waals surface area (Å²) in [5, 5.41) is 0. The van der Waals surface area contributed by atoms with Crippen molar-refractivity contribution in [3.63, 3.8) is 0 Å². The highest BCUT2D eigenvalue weighted by Gasteiger charge is 2.41. The second kappa shape index (κ2) is 7.59. The summed E-state index contributed by atoms with van der Waals surface area (Å²) in [6.07, 6.45) is 4.97.